The molecule has 1 aromatic carbocycles. The number of ether oxygens (including phenoxy) is 1. The monoisotopic (exact) mass is 301 g/mol. The molecule has 1 aliphatic heterocycles. The van der Waals surface area contributed by atoms with E-state index in [1.54, 1.807) is 30.3 Å². The molecule has 1 fully saturated rings. The molecule has 5 nitrogen and oxygen atoms in total. The van der Waals surface area contributed by atoms with Gasteiger partial charge in [0.05, 0.1) is 6.54 Å². The van der Waals surface area contributed by atoms with E-state index in [-0.39, 0.29) is 29.7 Å². The molecule has 0 saturated carbocycles. The van der Waals surface area contributed by atoms with Gasteiger partial charge in [0, 0.05) is 11.6 Å². The summed E-state index contributed by atoms with van der Waals surface area (Å²) in [6.07, 6.45) is 1.63. The van der Waals surface area contributed by atoms with Gasteiger partial charge < -0.3 is 14.7 Å². The van der Waals surface area contributed by atoms with Crippen molar-refractivity contribution < 1.29 is 19.4 Å². The molecule has 0 aromatic heterocycles. The van der Waals surface area contributed by atoms with Gasteiger partial charge in [-0.2, -0.15) is 0 Å². The summed E-state index contributed by atoms with van der Waals surface area (Å²) >= 11 is 0. The van der Waals surface area contributed by atoms with E-state index in [2.05, 4.69) is 6.58 Å². The van der Waals surface area contributed by atoms with Gasteiger partial charge in [-0.1, -0.05) is 12.7 Å². The van der Waals surface area contributed by atoms with E-state index in [1.165, 1.54) is 4.90 Å². The van der Waals surface area contributed by atoms with Crippen molar-refractivity contribution in [3.8, 4) is 5.75 Å². The van der Waals surface area contributed by atoms with E-state index in [1.807, 2.05) is 13.8 Å². The zero-order valence-electron chi connectivity index (χ0n) is 12.7. The molecule has 0 unspecified atom stereocenters. The highest BCUT2D eigenvalue weighted by Crippen LogP contribution is 2.25. The predicted molar refractivity (Wildman–Crippen MR) is 83.5 cm³/mol. The molecule has 0 aliphatic carbocycles. The number of hydrogen-bond donors (Lipinski definition) is 1. The van der Waals surface area contributed by atoms with E-state index < -0.39 is 5.91 Å². The number of rotatable bonds is 5. The van der Waals surface area contributed by atoms with Crippen molar-refractivity contribution in [1.29, 1.82) is 0 Å². The summed E-state index contributed by atoms with van der Waals surface area (Å²) in [7, 11) is 0. The van der Waals surface area contributed by atoms with Gasteiger partial charge >= 0.3 is 0 Å². The fraction of sp³-hybridized carbons (Fsp3) is 0.294. The van der Waals surface area contributed by atoms with E-state index in [0.29, 0.717) is 17.9 Å². The number of amides is 1. The van der Waals surface area contributed by atoms with Crippen LogP contribution in [0.1, 0.15) is 19.4 Å². The van der Waals surface area contributed by atoms with Gasteiger partial charge in [-0.05, 0) is 38.1 Å². The van der Waals surface area contributed by atoms with Gasteiger partial charge in [0.25, 0.3) is 5.91 Å². The van der Waals surface area contributed by atoms with Crippen molar-refractivity contribution in [1.82, 2.24) is 4.90 Å². The van der Waals surface area contributed by atoms with E-state index in [9.17, 15) is 14.7 Å². The lowest BCUT2D eigenvalue weighted by Crippen LogP contribution is -2.32. The first-order valence-electron chi connectivity index (χ1n) is 7.07. The van der Waals surface area contributed by atoms with E-state index in [0.717, 1.165) is 0 Å². The fourth-order valence-corrected chi connectivity index (χ4v) is 2.23. The lowest BCUT2D eigenvalue weighted by atomic mass is 10.1. The Morgan fingerprint density at radius 1 is 1.36 bits per heavy atom. The number of carbonyl (C=O) groups excluding carboxylic acids is 2. The van der Waals surface area contributed by atoms with Crippen molar-refractivity contribution in [2.45, 2.75) is 19.9 Å². The number of ketones is 1. The second-order valence-corrected chi connectivity index (χ2v) is 5.30. The van der Waals surface area contributed by atoms with Crippen LogP contribution >= 0.6 is 0 Å². The van der Waals surface area contributed by atoms with Crippen LogP contribution in [-0.4, -0.2) is 40.9 Å². The Bertz CT molecular complexity index is 629. The predicted octanol–water partition coefficient (Wildman–Crippen LogP) is 2.34. The van der Waals surface area contributed by atoms with Crippen molar-refractivity contribution >= 4 is 17.4 Å². The zero-order chi connectivity index (χ0) is 16.3. The average molecular weight is 301 g/mol. The van der Waals surface area contributed by atoms with Crippen molar-refractivity contribution in [3.63, 3.8) is 0 Å². The molecule has 0 bridgehead atoms. The molecule has 1 aromatic rings. The van der Waals surface area contributed by atoms with Crippen molar-refractivity contribution in [2.24, 2.45) is 0 Å². The Hall–Kier alpha value is -2.56. The van der Waals surface area contributed by atoms with Gasteiger partial charge in [-0.3, -0.25) is 9.59 Å². The molecule has 2 rings (SSSR count). The van der Waals surface area contributed by atoms with Crippen LogP contribution in [0, 0.1) is 0 Å². The Balaban J connectivity index is 2.29. The number of aliphatic hydroxyl groups is 1. The summed E-state index contributed by atoms with van der Waals surface area (Å²) in [5, 5.41) is 10.3. The van der Waals surface area contributed by atoms with Crippen LogP contribution in [-0.2, 0) is 9.59 Å². The van der Waals surface area contributed by atoms with E-state index >= 15 is 0 Å². The number of Topliss-reactive ketones (excluding diaryl/α,β-unsaturated/α-hetero) is 1. The summed E-state index contributed by atoms with van der Waals surface area (Å²) in [5.41, 5.74) is 0.265. The van der Waals surface area contributed by atoms with Crippen molar-refractivity contribution in [3.05, 3.63) is 48.1 Å². The number of likely N-dealkylation sites (tertiary alicyclic amines) is 1. The highest BCUT2D eigenvalue weighted by molar-refractivity contribution is 6.28. The normalized spacial score (nSPS) is 17.1. The third-order valence-electron chi connectivity index (χ3n) is 3.42. The highest BCUT2D eigenvalue weighted by Gasteiger charge is 2.37. The molecule has 1 heterocycles. The van der Waals surface area contributed by atoms with Crippen LogP contribution in [0.3, 0.4) is 0 Å². The molecular weight excluding hydrogens is 282 g/mol. The molecule has 1 amide bonds. The maximum atomic E-state index is 12.2. The van der Waals surface area contributed by atoms with Crippen LogP contribution in [0.2, 0.25) is 0 Å². The Labute approximate surface area is 129 Å². The number of aliphatic hydroxyl groups excluding tert-OH is 1. The summed E-state index contributed by atoms with van der Waals surface area (Å²) in [6, 6.07) is 6.47. The first-order chi connectivity index (χ1) is 10.5. The first-order valence-corrected chi connectivity index (χ1v) is 7.07. The molecule has 0 spiro atoms. The molecule has 0 radical (unpaired) electrons. The fourth-order valence-electron chi connectivity index (χ4n) is 2.23. The van der Waals surface area contributed by atoms with Crippen LogP contribution in [0.4, 0.5) is 0 Å². The highest BCUT2D eigenvalue weighted by atomic mass is 16.5. The second-order valence-electron chi connectivity index (χ2n) is 5.30. The maximum Gasteiger partial charge on any atom is 0.262 e. The number of nitrogens with zero attached hydrogens (tertiary/aromatic N) is 1. The van der Waals surface area contributed by atoms with Gasteiger partial charge in [0.1, 0.15) is 23.7 Å². The molecule has 22 heavy (non-hydrogen) atoms. The topological polar surface area (TPSA) is 66.8 Å². The lowest BCUT2D eigenvalue weighted by molar-refractivity contribution is -0.126. The Morgan fingerprint density at radius 3 is 2.50 bits per heavy atom. The first kappa shape index (κ1) is 15.8. The van der Waals surface area contributed by atoms with E-state index in [4.69, 9.17) is 4.74 Å². The van der Waals surface area contributed by atoms with Crippen LogP contribution in [0.25, 0.3) is 5.76 Å². The molecule has 5 heteroatoms. The Kier molecular flexibility index (Phi) is 4.65. The van der Waals surface area contributed by atoms with Gasteiger partial charge in [0.15, 0.2) is 5.78 Å². The quantitative estimate of drug-likeness (QED) is 0.392. The van der Waals surface area contributed by atoms with Gasteiger partial charge in [-0.25, -0.2) is 0 Å². The maximum absolute atomic E-state index is 12.2. The Morgan fingerprint density at radius 2 is 2.00 bits per heavy atom. The second kappa shape index (κ2) is 6.47. The summed E-state index contributed by atoms with van der Waals surface area (Å²) in [4.78, 5) is 25.7. The molecule has 0 atom stereocenters. The van der Waals surface area contributed by atoms with Crippen LogP contribution < -0.4 is 4.74 Å². The average Bonchev–Trinajstić information content (AvgIpc) is 2.80. The van der Waals surface area contributed by atoms with Crippen LogP contribution in [0.15, 0.2) is 42.5 Å². The molecule has 1 saturated heterocycles. The minimum atomic E-state index is -0.426. The zero-order valence-corrected chi connectivity index (χ0v) is 12.7. The third kappa shape index (κ3) is 3.03. The molecule has 1 aliphatic rings. The third-order valence-corrected chi connectivity index (χ3v) is 3.42. The minimum Gasteiger partial charge on any atom is -0.506 e. The molecule has 116 valence electrons. The SMILES string of the molecule is C=CCOc1ccc(/C(O)=C2\C(=O)CN(C(C)C)C2=O)cc1. The molecule has 1 N–H and O–H groups in total. The number of carbonyl (C=O) groups is 2. The standard InChI is InChI=1S/C17H19NO4/c1-4-9-22-13-7-5-12(6-8-13)16(20)15-14(19)10-18(11(2)3)17(15)21/h4-8,11,20H,1,9-10H2,2-3H3/b16-15-. The van der Waals surface area contributed by atoms with Gasteiger partial charge in [0.2, 0.25) is 0 Å². The largest absolute Gasteiger partial charge is 0.506 e. The summed E-state index contributed by atoms with van der Waals surface area (Å²) in [5.74, 6) is -0.449. The number of hydrogen-bond acceptors (Lipinski definition) is 4. The number of benzene rings is 1. The molecular formula is C17H19NO4. The van der Waals surface area contributed by atoms with Crippen LogP contribution in [0.5, 0.6) is 5.75 Å². The lowest BCUT2D eigenvalue weighted by Gasteiger charge is -2.18. The summed E-state index contributed by atoms with van der Waals surface area (Å²) < 4.78 is 5.35. The minimum absolute atomic E-state index is 0.0103. The van der Waals surface area contributed by atoms with Crippen molar-refractivity contribution in [2.75, 3.05) is 13.2 Å². The smallest absolute Gasteiger partial charge is 0.262 e. The summed E-state index contributed by atoms with van der Waals surface area (Å²) in [6.45, 7) is 7.61. The van der Waals surface area contributed by atoms with Gasteiger partial charge in [-0.15, -0.1) is 0 Å².